The predicted octanol–water partition coefficient (Wildman–Crippen LogP) is 2.48. The second-order valence-corrected chi connectivity index (χ2v) is 9.60. The van der Waals surface area contributed by atoms with Gasteiger partial charge in [-0.15, -0.1) is 0 Å². The molecule has 2 aromatic carbocycles. The van der Waals surface area contributed by atoms with Gasteiger partial charge in [0.05, 0.1) is 12.2 Å². The Labute approximate surface area is 218 Å². The standard InChI is InChI=1S/C27H37FN6O3/c1-19(17-29-20(2)35)18-33(21(3)36)24-10-11-26(25(28)16-24)32-13-12-30-34(15-14-32)27(37)22-6-8-23(9-7-22)31(4)5/h6-11,16,19,30H,12-15,17-18H2,1-5H3,(H,29,35)/t19-/m0/s1. The van der Waals surface area contributed by atoms with Crippen LogP contribution >= 0.6 is 0 Å². The number of nitrogens with one attached hydrogen (secondary N) is 2. The van der Waals surface area contributed by atoms with Crippen molar-refractivity contribution in [3.05, 3.63) is 53.8 Å². The molecule has 1 saturated heterocycles. The quantitative estimate of drug-likeness (QED) is 0.565. The monoisotopic (exact) mass is 512 g/mol. The molecule has 0 bridgehead atoms. The average molecular weight is 513 g/mol. The molecule has 200 valence electrons. The Morgan fingerprint density at radius 1 is 1.03 bits per heavy atom. The Morgan fingerprint density at radius 3 is 2.30 bits per heavy atom. The van der Waals surface area contributed by atoms with Crippen LogP contribution in [0.25, 0.3) is 0 Å². The molecule has 0 aliphatic carbocycles. The number of hydrogen-bond donors (Lipinski definition) is 2. The maximum Gasteiger partial charge on any atom is 0.268 e. The summed E-state index contributed by atoms with van der Waals surface area (Å²) in [7, 11) is 3.89. The fraction of sp³-hybridized carbons (Fsp3) is 0.444. The van der Waals surface area contributed by atoms with Crippen molar-refractivity contribution in [1.29, 1.82) is 0 Å². The molecule has 1 aliphatic rings. The third-order valence-corrected chi connectivity index (χ3v) is 6.31. The summed E-state index contributed by atoms with van der Waals surface area (Å²) in [6.07, 6.45) is 0. The van der Waals surface area contributed by atoms with Gasteiger partial charge in [-0.3, -0.25) is 19.4 Å². The number of rotatable bonds is 8. The first kappa shape index (κ1) is 27.9. The molecule has 9 nitrogen and oxygen atoms in total. The van der Waals surface area contributed by atoms with E-state index in [9.17, 15) is 14.4 Å². The van der Waals surface area contributed by atoms with Gasteiger partial charge < -0.3 is 20.0 Å². The average Bonchev–Trinajstić information content (AvgIpc) is 3.11. The third kappa shape index (κ3) is 7.42. The smallest absolute Gasteiger partial charge is 0.268 e. The molecule has 0 unspecified atom stereocenters. The van der Waals surface area contributed by atoms with Crippen molar-refractivity contribution in [2.45, 2.75) is 20.8 Å². The van der Waals surface area contributed by atoms with Gasteiger partial charge in [0.15, 0.2) is 0 Å². The molecule has 2 aromatic rings. The van der Waals surface area contributed by atoms with E-state index in [1.54, 1.807) is 29.3 Å². The van der Waals surface area contributed by atoms with Crippen molar-refractivity contribution < 1.29 is 18.8 Å². The number of halogens is 1. The van der Waals surface area contributed by atoms with Gasteiger partial charge in [-0.2, -0.15) is 0 Å². The fourth-order valence-electron chi connectivity index (χ4n) is 4.23. The van der Waals surface area contributed by atoms with Crippen LogP contribution in [-0.2, 0) is 9.59 Å². The van der Waals surface area contributed by atoms with E-state index in [1.807, 2.05) is 43.0 Å². The zero-order valence-corrected chi connectivity index (χ0v) is 22.3. The lowest BCUT2D eigenvalue weighted by atomic mass is 10.1. The van der Waals surface area contributed by atoms with E-state index >= 15 is 4.39 Å². The second kappa shape index (κ2) is 12.5. The predicted molar refractivity (Wildman–Crippen MR) is 144 cm³/mol. The molecule has 0 spiro atoms. The number of nitrogens with zero attached hydrogens (tertiary/aromatic N) is 4. The van der Waals surface area contributed by atoms with Crippen molar-refractivity contribution in [2.24, 2.45) is 5.92 Å². The van der Waals surface area contributed by atoms with Crippen LogP contribution in [0.2, 0.25) is 0 Å². The lowest BCUT2D eigenvalue weighted by Crippen LogP contribution is -2.43. The van der Waals surface area contributed by atoms with Crippen LogP contribution in [-0.4, -0.2) is 76.1 Å². The van der Waals surface area contributed by atoms with Gasteiger partial charge in [0.25, 0.3) is 5.91 Å². The minimum absolute atomic E-state index is 0.00479. The summed E-state index contributed by atoms with van der Waals surface area (Å²) in [5.74, 6) is -0.903. The van der Waals surface area contributed by atoms with Crippen molar-refractivity contribution >= 4 is 34.8 Å². The van der Waals surface area contributed by atoms with Crippen LogP contribution < -0.4 is 25.4 Å². The molecule has 0 saturated carbocycles. The summed E-state index contributed by atoms with van der Waals surface area (Å²) in [6.45, 7) is 7.42. The minimum atomic E-state index is -0.433. The molecular weight excluding hydrogens is 475 g/mol. The first-order valence-electron chi connectivity index (χ1n) is 12.5. The van der Waals surface area contributed by atoms with Crippen LogP contribution in [0.4, 0.5) is 21.5 Å². The van der Waals surface area contributed by atoms with Crippen LogP contribution in [0.3, 0.4) is 0 Å². The van der Waals surface area contributed by atoms with Crippen LogP contribution in [0.1, 0.15) is 31.1 Å². The van der Waals surface area contributed by atoms with Gasteiger partial charge in [0, 0.05) is 77.6 Å². The molecule has 3 amide bonds. The first-order valence-corrected chi connectivity index (χ1v) is 12.5. The van der Waals surface area contributed by atoms with Gasteiger partial charge in [-0.1, -0.05) is 6.92 Å². The highest BCUT2D eigenvalue weighted by atomic mass is 19.1. The molecule has 3 rings (SSSR count). The summed E-state index contributed by atoms with van der Waals surface area (Å²) in [4.78, 5) is 41.9. The summed E-state index contributed by atoms with van der Waals surface area (Å²) >= 11 is 0. The fourth-order valence-corrected chi connectivity index (χ4v) is 4.23. The van der Waals surface area contributed by atoms with E-state index in [1.165, 1.54) is 24.8 Å². The lowest BCUT2D eigenvalue weighted by molar-refractivity contribution is -0.119. The number of anilines is 3. The van der Waals surface area contributed by atoms with Gasteiger partial charge in [-0.05, 0) is 48.4 Å². The van der Waals surface area contributed by atoms with Crippen LogP contribution in [0.15, 0.2) is 42.5 Å². The molecule has 0 radical (unpaired) electrons. The Bertz CT molecular complexity index is 1110. The molecule has 1 atom stereocenters. The number of carbonyl (C=O) groups excluding carboxylic acids is 3. The lowest BCUT2D eigenvalue weighted by Gasteiger charge is -2.27. The minimum Gasteiger partial charge on any atom is -0.378 e. The SMILES string of the molecule is CC(=O)NC[C@H](C)CN(C(C)=O)c1ccc(N2CCNN(C(=O)c3ccc(N(C)C)cc3)CC2)c(F)c1. The van der Waals surface area contributed by atoms with Crippen LogP contribution in [0, 0.1) is 11.7 Å². The maximum absolute atomic E-state index is 15.3. The number of benzene rings is 2. The zero-order chi connectivity index (χ0) is 27.1. The Balaban J connectivity index is 1.67. The van der Waals surface area contributed by atoms with Gasteiger partial charge in [0.2, 0.25) is 11.8 Å². The number of hydrazine groups is 1. The van der Waals surface area contributed by atoms with E-state index in [0.717, 1.165) is 5.69 Å². The van der Waals surface area contributed by atoms with Gasteiger partial charge in [-0.25, -0.2) is 9.82 Å². The van der Waals surface area contributed by atoms with Crippen molar-refractivity contribution in [3.63, 3.8) is 0 Å². The molecule has 2 N–H and O–H groups in total. The molecule has 1 fully saturated rings. The molecule has 10 heteroatoms. The van der Waals surface area contributed by atoms with E-state index in [-0.39, 0.29) is 23.6 Å². The number of amides is 3. The summed E-state index contributed by atoms with van der Waals surface area (Å²) in [6, 6.07) is 12.2. The Morgan fingerprint density at radius 2 is 1.70 bits per heavy atom. The summed E-state index contributed by atoms with van der Waals surface area (Å²) in [5, 5.41) is 4.32. The van der Waals surface area contributed by atoms with Gasteiger partial charge in [0.1, 0.15) is 5.82 Å². The first-order chi connectivity index (χ1) is 17.6. The van der Waals surface area contributed by atoms with E-state index in [2.05, 4.69) is 10.7 Å². The van der Waals surface area contributed by atoms with Crippen molar-refractivity contribution in [2.75, 3.05) is 68.1 Å². The molecule has 1 aliphatic heterocycles. The highest BCUT2D eigenvalue weighted by Gasteiger charge is 2.23. The zero-order valence-electron chi connectivity index (χ0n) is 22.3. The van der Waals surface area contributed by atoms with Crippen molar-refractivity contribution in [3.8, 4) is 0 Å². The Kier molecular flexibility index (Phi) is 9.46. The van der Waals surface area contributed by atoms with E-state index in [4.69, 9.17) is 0 Å². The molecule has 0 aromatic heterocycles. The third-order valence-electron chi connectivity index (χ3n) is 6.31. The topological polar surface area (TPSA) is 88.2 Å². The van der Waals surface area contributed by atoms with Gasteiger partial charge >= 0.3 is 0 Å². The highest BCUT2D eigenvalue weighted by molar-refractivity contribution is 5.94. The molecule has 1 heterocycles. The normalized spacial score (nSPS) is 14.5. The second-order valence-electron chi connectivity index (χ2n) is 9.60. The maximum atomic E-state index is 15.3. The van der Waals surface area contributed by atoms with Crippen LogP contribution in [0.5, 0.6) is 0 Å². The largest absolute Gasteiger partial charge is 0.378 e. The summed E-state index contributed by atoms with van der Waals surface area (Å²) in [5.41, 5.74) is 5.63. The summed E-state index contributed by atoms with van der Waals surface area (Å²) < 4.78 is 15.3. The highest BCUT2D eigenvalue weighted by Crippen LogP contribution is 2.26. The van der Waals surface area contributed by atoms with E-state index < -0.39 is 5.82 Å². The molecular formula is C27H37FN6O3. The van der Waals surface area contributed by atoms with E-state index in [0.29, 0.717) is 56.2 Å². The molecule has 37 heavy (non-hydrogen) atoms. The Hall–Kier alpha value is -3.66. The number of hydrogen-bond acceptors (Lipinski definition) is 6. The van der Waals surface area contributed by atoms with Crippen molar-refractivity contribution in [1.82, 2.24) is 15.8 Å². The number of carbonyl (C=O) groups is 3.